The molecule has 0 bridgehead atoms. The van der Waals surface area contributed by atoms with Gasteiger partial charge in [0.1, 0.15) is 0 Å². The van der Waals surface area contributed by atoms with E-state index in [4.69, 9.17) is 0 Å². The van der Waals surface area contributed by atoms with Gasteiger partial charge in [0, 0.05) is 11.0 Å². The molecule has 11 heavy (non-hydrogen) atoms. The van der Waals surface area contributed by atoms with E-state index in [9.17, 15) is 0 Å². The molecule has 62 valence electrons. The Bertz CT molecular complexity index is 233. The van der Waals surface area contributed by atoms with Gasteiger partial charge in [-0.2, -0.15) is 25.3 Å². The molecule has 1 aliphatic rings. The average molecular weight is 186 g/mol. The Morgan fingerprint density at radius 1 is 1.27 bits per heavy atom. The molecule has 0 saturated heterocycles. The van der Waals surface area contributed by atoms with Crippen molar-refractivity contribution in [1.82, 2.24) is 0 Å². The number of thiol groups is 2. The van der Waals surface area contributed by atoms with Crippen LogP contribution in [-0.4, -0.2) is 4.08 Å². The predicted octanol–water partition coefficient (Wildman–Crippen LogP) is 3.07. The second-order valence-electron chi connectivity index (χ2n) is 3.80. The van der Waals surface area contributed by atoms with E-state index in [1.54, 1.807) is 0 Å². The zero-order valence-corrected chi connectivity index (χ0v) is 9.18. The van der Waals surface area contributed by atoms with Crippen LogP contribution >= 0.6 is 25.3 Å². The summed E-state index contributed by atoms with van der Waals surface area (Å²) in [6.45, 7) is 8.36. The largest absolute Gasteiger partial charge is 0.156 e. The van der Waals surface area contributed by atoms with Crippen LogP contribution in [0.1, 0.15) is 27.7 Å². The molecule has 0 unspecified atom stereocenters. The first-order chi connectivity index (χ1) is 4.80. The highest BCUT2D eigenvalue weighted by molar-refractivity contribution is 8.01. The smallest absolute Gasteiger partial charge is 0.0938 e. The van der Waals surface area contributed by atoms with Crippen molar-refractivity contribution >= 4 is 25.3 Å². The van der Waals surface area contributed by atoms with E-state index < -0.39 is 0 Å². The van der Waals surface area contributed by atoms with Crippen molar-refractivity contribution in [2.45, 2.75) is 31.8 Å². The lowest BCUT2D eigenvalue weighted by atomic mass is 10.2. The minimum Gasteiger partial charge on any atom is -0.156 e. The van der Waals surface area contributed by atoms with Crippen LogP contribution in [0.15, 0.2) is 16.9 Å². The van der Waals surface area contributed by atoms with Crippen LogP contribution in [0.5, 0.6) is 0 Å². The minimum absolute atomic E-state index is 0.108. The molecule has 0 aromatic rings. The Balaban J connectivity index is 3.11. The van der Waals surface area contributed by atoms with Crippen molar-refractivity contribution in [1.29, 1.82) is 0 Å². The van der Waals surface area contributed by atoms with E-state index in [1.807, 2.05) is 13.8 Å². The summed E-state index contributed by atoms with van der Waals surface area (Å²) in [6.07, 6.45) is 0. The van der Waals surface area contributed by atoms with Gasteiger partial charge in [0.15, 0.2) is 0 Å². The van der Waals surface area contributed by atoms with Crippen LogP contribution in [-0.2, 0) is 0 Å². The molecule has 0 aromatic carbocycles. The highest BCUT2D eigenvalue weighted by Gasteiger charge is 2.62. The lowest BCUT2D eigenvalue weighted by Crippen LogP contribution is -1.96. The zero-order valence-electron chi connectivity index (χ0n) is 7.39. The fraction of sp³-hybridized carbons (Fsp3) is 0.667. The minimum atomic E-state index is -0.232. The maximum absolute atomic E-state index is 4.44. The fourth-order valence-corrected chi connectivity index (χ4v) is 1.89. The molecular weight excluding hydrogens is 172 g/mol. The summed E-state index contributed by atoms with van der Waals surface area (Å²) in [7, 11) is 0. The standard InChI is InChI=1S/C9H14S2/c1-6(2)5-7-8(3,4)9(7,10)11/h10-11H,1-4H3. The lowest BCUT2D eigenvalue weighted by molar-refractivity contribution is 0.680. The Morgan fingerprint density at radius 2 is 1.64 bits per heavy atom. The summed E-state index contributed by atoms with van der Waals surface area (Å²) < 4.78 is -0.232. The molecule has 0 amide bonds. The van der Waals surface area contributed by atoms with Crippen LogP contribution in [0.4, 0.5) is 0 Å². The zero-order chi connectivity index (χ0) is 8.86. The summed E-state index contributed by atoms with van der Waals surface area (Å²) >= 11 is 8.87. The van der Waals surface area contributed by atoms with E-state index in [1.165, 1.54) is 11.1 Å². The van der Waals surface area contributed by atoms with Gasteiger partial charge < -0.3 is 0 Å². The molecule has 0 aromatic heterocycles. The van der Waals surface area contributed by atoms with E-state index in [0.717, 1.165) is 0 Å². The van der Waals surface area contributed by atoms with Crippen LogP contribution in [0.25, 0.3) is 0 Å². The van der Waals surface area contributed by atoms with Crippen molar-refractivity contribution in [2.24, 2.45) is 5.41 Å². The van der Waals surface area contributed by atoms with Crippen LogP contribution in [0.2, 0.25) is 0 Å². The third-order valence-corrected chi connectivity index (χ3v) is 3.72. The Kier molecular flexibility index (Phi) is 1.99. The molecule has 0 aliphatic heterocycles. The second-order valence-corrected chi connectivity index (χ2v) is 5.49. The highest BCUT2D eigenvalue weighted by Crippen LogP contribution is 2.67. The molecule has 1 rings (SSSR count). The third kappa shape index (κ3) is 1.28. The molecule has 0 heterocycles. The molecule has 1 aliphatic carbocycles. The predicted molar refractivity (Wildman–Crippen MR) is 56.4 cm³/mol. The van der Waals surface area contributed by atoms with E-state index in [2.05, 4.69) is 44.8 Å². The Morgan fingerprint density at radius 3 is 1.73 bits per heavy atom. The summed E-state index contributed by atoms with van der Waals surface area (Å²) in [5, 5.41) is 0. The van der Waals surface area contributed by atoms with Gasteiger partial charge in [-0.3, -0.25) is 0 Å². The van der Waals surface area contributed by atoms with E-state index >= 15 is 0 Å². The van der Waals surface area contributed by atoms with E-state index in [0.29, 0.717) is 0 Å². The van der Waals surface area contributed by atoms with Crippen molar-refractivity contribution < 1.29 is 0 Å². The van der Waals surface area contributed by atoms with Gasteiger partial charge in [0.05, 0.1) is 4.08 Å². The highest BCUT2D eigenvalue weighted by atomic mass is 32.2. The monoisotopic (exact) mass is 186 g/mol. The van der Waals surface area contributed by atoms with Gasteiger partial charge >= 0.3 is 0 Å². The topological polar surface area (TPSA) is 0 Å². The van der Waals surface area contributed by atoms with Crippen molar-refractivity contribution in [3.05, 3.63) is 16.9 Å². The maximum Gasteiger partial charge on any atom is 0.0938 e. The normalized spacial score (nSPS) is 24.4. The van der Waals surface area contributed by atoms with E-state index in [-0.39, 0.29) is 9.49 Å². The van der Waals surface area contributed by atoms with Gasteiger partial charge in [0.25, 0.3) is 0 Å². The Hall–Kier alpha value is 0.220. The van der Waals surface area contributed by atoms with Crippen LogP contribution < -0.4 is 0 Å². The molecule has 0 spiro atoms. The van der Waals surface area contributed by atoms with Gasteiger partial charge in [-0.05, 0) is 19.4 Å². The van der Waals surface area contributed by atoms with Gasteiger partial charge in [0.2, 0.25) is 0 Å². The van der Waals surface area contributed by atoms with Crippen LogP contribution in [0.3, 0.4) is 0 Å². The second kappa shape index (κ2) is 2.35. The molecule has 1 saturated carbocycles. The summed E-state index contributed by atoms with van der Waals surface area (Å²) in [5.74, 6) is 0. The molecule has 1 fully saturated rings. The third-order valence-electron chi connectivity index (χ3n) is 2.16. The fourth-order valence-electron chi connectivity index (χ4n) is 1.11. The molecule has 0 atom stereocenters. The maximum atomic E-state index is 4.44. The first-order valence-electron chi connectivity index (χ1n) is 3.70. The van der Waals surface area contributed by atoms with Gasteiger partial charge in [-0.15, -0.1) is 5.73 Å². The summed E-state index contributed by atoms with van der Waals surface area (Å²) in [6, 6.07) is 0. The molecular formula is C9H14S2. The molecule has 0 nitrogen and oxygen atoms in total. The summed E-state index contributed by atoms with van der Waals surface area (Å²) in [4.78, 5) is 0. The van der Waals surface area contributed by atoms with Gasteiger partial charge in [-0.25, -0.2) is 0 Å². The summed E-state index contributed by atoms with van der Waals surface area (Å²) in [5.41, 5.74) is 5.78. The van der Waals surface area contributed by atoms with Crippen LogP contribution in [0, 0.1) is 5.41 Å². The van der Waals surface area contributed by atoms with Gasteiger partial charge in [-0.1, -0.05) is 13.8 Å². The molecule has 0 radical (unpaired) electrons. The molecule has 2 heteroatoms. The first-order valence-corrected chi connectivity index (χ1v) is 4.59. The van der Waals surface area contributed by atoms with Crippen molar-refractivity contribution in [3.8, 4) is 0 Å². The first kappa shape index (κ1) is 9.31. The lowest BCUT2D eigenvalue weighted by Gasteiger charge is -2.00. The Labute approximate surface area is 79.6 Å². The number of rotatable bonds is 0. The molecule has 0 N–H and O–H groups in total. The average Bonchev–Trinajstić information content (AvgIpc) is 2.11. The number of hydrogen-bond acceptors (Lipinski definition) is 2. The quantitative estimate of drug-likeness (QED) is 0.324. The van der Waals surface area contributed by atoms with Crippen molar-refractivity contribution in [2.75, 3.05) is 0 Å². The SMILES string of the molecule is CC(C)=C=C1C(C)(C)C1(S)S. The van der Waals surface area contributed by atoms with Crippen molar-refractivity contribution in [3.63, 3.8) is 0 Å². The number of hydrogen-bond donors (Lipinski definition) is 2.